The van der Waals surface area contributed by atoms with Gasteiger partial charge in [-0.3, -0.25) is 20.2 Å². The quantitative estimate of drug-likeness (QED) is 0.532. The summed E-state index contributed by atoms with van der Waals surface area (Å²) < 4.78 is 5.66. The molecule has 0 aliphatic carbocycles. The van der Waals surface area contributed by atoms with Crippen molar-refractivity contribution in [1.29, 1.82) is 0 Å². The molecule has 4 rings (SSSR count). The number of nitrogens with zero attached hydrogens (tertiary/aromatic N) is 4. The van der Waals surface area contributed by atoms with Crippen molar-refractivity contribution in [2.75, 3.05) is 5.32 Å². The zero-order chi connectivity index (χ0) is 19.3. The average Bonchev–Trinajstić information content (AvgIpc) is 3.17. The highest BCUT2D eigenvalue weighted by atomic mass is 35.5. The minimum Gasteiger partial charge on any atom is -0.437 e. The van der Waals surface area contributed by atoms with Crippen LogP contribution in [-0.2, 0) is 0 Å². The molecule has 28 heavy (non-hydrogen) atoms. The fraction of sp³-hybridized carbons (Fsp3) is 0. The first-order valence-corrected chi connectivity index (χ1v) is 8.60. The van der Waals surface area contributed by atoms with Crippen LogP contribution in [0.2, 0.25) is 5.02 Å². The standard InChI is InChI=1S/C19H13ClN6O2/c20-15-8-2-1-6-13(15)16-23-19(26-25-16)24-17(27)14-7-4-10-22-18(14)28-12-5-3-9-21-11-12/h1-11H,(H2,23,24,25,26,27). The summed E-state index contributed by atoms with van der Waals surface area (Å²) in [7, 11) is 0. The molecule has 3 heterocycles. The monoisotopic (exact) mass is 392 g/mol. The van der Waals surface area contributed by atoms with Crippen LogP contribution in [-0.4, -0.2) is 31.1 Å². The molecule has 0 bridgehead atoms. The molecule has 0 atom stereocenters. The van der Waals surface area contributed by atoms with E-state index >= 15 is 0 Å². The molecule has 9 heteroatoms. The number of pyridine rings is 2. The summed E-state index contributed by atoms with van der Waals surface area (Å²) in [5.74, 6) is 0.704. The number of carbonyl (C=O) groups excluding carboxylic acids is 1. The van der Waals surface area contributed by atoms with Crippen LogP contribution in [0.1, 0.15) is 10.4 Å². The number of benzene rings is 1. The maximum Gasteiger partial charge on any atom is 0.263 e. The van der Waals surface area contributed by atoms with Crippen LogP contribution >= 0.6 is 11.6 Å². The lowest BCUT2D eigenvalue weighted by molar-refractivity contribution is 0.102. The fourth-order valence-corrected chi connectivity index (χ4v) is 2.65. The van der Waals surface area contributed by atoms with E-state index in [4.69, 9.17) is 16.3 Å². The maximum atomic E-state index is 12.7. The molecule has 0 radical (unpaired) electrons. The van der Waals surface area contributed by atoms with Crippen molar-refractivity contribution in [3.63, 3.8) is 0 Å². The van der Waals surface area contributed by atoms with E-state index in [1.807, 2.05) is 12.1 Å². The predicted octanol–water partition coefficient (Wildman–Crippen LogP) is 3.96. The van der Waals surface area contributed by atoms with Gasteiger partial charge in [-0.25, -0.2) is 4.98 Å². The van der Waals surface area contributed by atoms with Gasteiger partial charge in [-0.1, -0.05) is 23.7 Å². The summed E-state index contributed by atoms with van der Waals surface area (Å²) in [5.41, 5.74) is 0.912. The van der Waals surface area contributed by atoms with Gasteiger partial charge >= 0.3 is 0 Å². The highest BCUT2D eigenvalue weighted by Crippen LogP contribution is 2.26. The summed E-state index contributed by atoms with van der Waals surface area (Å²) >= 11 is 6.16. The Morgan fingerprint density at radius 2 is 1.93 bits per heavy atom. The zero-order valence-corrected chi connectivity index (χ0v) is 15.1. The van der Waals surface area contributed by atoms with Crippen molar-refractivity contribution >= 4 is 23.5 Å². The number of nitrogens with one attached hydrogen (secondary N) is 2. The zero-order valence-electron chi connectivity index (χ0n) is 14.3. The molecule has 0 saturated carbocycles. The molecule has 8 nitrogen and oxygen atoms in total. The van der Waals surface area contributed by atoms with E-state index < -0.39 is 5.91 Å². The molecule has 0 saturated heterocycles. The van der Waals surface area contributed by atoms with Gasteiger partial charge < -0.3 is 4.74 Å². The first kappa shape index (κ1) is 17.6. The van der Waals surface area contributed by atoms with E-state index in [-0.39, 0.29) is 17.4 Å². The van der Waals surface area contributed by atoms with Crippen LogP contribution in [0.4, 0.5) is 5.95 Å². The molecule has 0 aliphatic rings. The molecule has 138 valence electrons. The number of aromatic nitrogens is 5. The van der Waals surface area contributed by atoms with Gasteiger partial charge in [-0.15, -0.1) is 5.10 Å². The lowest BCUT2D eigenvalue weighted by atomic mass is 10.2. The van der Waals surface area contributed by atoms with Gasteiger partial charge in [0.1, 0.15) is 11.3 Å². The normalized spacial score (nSPS) is 10.5. The first-order chi connectivity index (χ1) is 13.7. The molecule has 0 spiro atoms. The SMILES string of the molecule is O=C(Nc1n[nH]c(-c2ccccc2Cl)n1)c1cccnc1Oc1cccnc1. The minimum atomic E-state index is -0.461. The number of ether oxygens (including phenoxy) is 1. The lowest BCUT2D eigenvalue weighted by Crippen LogP contribution is -2.14. The minimum absolute atomic E-state index is 0.108. The third-order valence-corrected chi connectivity index (χ3v) is 4.03. The lowest BCUT2D eigenvalue weighted by Gasteiger charge is -2.08. The molecule has 4 aromatic rings. The second-order valence-corrected chi connectivity index (χ2v) is 6.00. The Bertz CT molecular complexity index is 1120. The Morgan fingerprint density at radius 3 is 2.75 bits per heavy atom. The van der Waals surface area contributed by atoms with E-state index in [9.17, 15) is 4.79 Å². The molecule has 0 fully saturated rings. The molecule has 0 aliphatic heterocycles. The van der Waals surface area contributed by atoms with Gasteiger partial charge in [0.2, 0.25) is 11.8 Å². The topological polar surface area (TPSA) is 106 Å². The third kappa shape index (κ3) is 3.81. The largest absolute Gasteiger partial charge is 0.437 e. The Labute approximate surface area is 164 Å². The summed E-state index contributed by atoms with van der Waals surface area (Å²) in [6, 6.07) is 13.9. The summed E-state index contributed by atoms with van der Waals surface area (Å²) in [5, 5.41) is 9.92. The van der Waals surface area contributed by atoms with Gasteiger partial charge in [0.25, 0.3) is 5.91 Å². The number of H-pyrrole nitrogens is 1. The second kappa shape index (κ2) is 7.85. The van der Waals surface area contributed by atoms with Crippen LogP contribution in [0.5, 0.6) is 11.6 Å². The Kier molecular flexibility index (Phi) is 4.94. The van der Waals surface area contributed by atoms with E-state index in [1.165, 1.54) is 12.4 Å². The van der Waals surface area contributed by atoms with Gasteiger partial charge in [0.05, 0.1) is 11.2 Å². The van der Waals surface area contributed by atoms with Crippen molar-refractivity contribution in [3.8, 4) is 23.0 Å². The van der Waals surface area contributed by atoms with Gasteiger partial charge in [0, 0.05) is 18.0 Å². The predicted molar refractivity (Wildman–Crippen MR) is 103 cm³/mol. The highest BCUT2D eigenvalue weighted by Gasteiger charge is 2.17. The van der Waals surface area contributed by atoms with E-state index in [0.29, 0.717) is 22.2 Å². The van der Waals surface area contributed by atoms with Gasteiger partial charge in [0.15, 0.2) is 5.82 Å². The summed E-state index contributed by atoms with van der Waals surface area (Å²) in [4.78, 5) is 25.0. The van der Waals surface area contributed by atoms with Gasteiger partial charge in [-0.05, 0) is 36.4 Å². The van der Waals surface area contributed by atoms with Crippen LogP contribution in [0.15, 0.2) is 67.1 Å². The van der Waals surface area contributed by atoms with Crippen molar-refractivity contribution < 1.29 is 9.53 Å². The van der Waals surface area contributed by atoms with Crippen LogP contribution < -0.4 is 10.1 Å². The molecule has 1 aromatic carbocycles. The number of amides is 1. The molecular formula is C19H13ClN6O2. The van der Waals surface area contributed by atoms with Crippen LogP contribution in [0, 0.1) is 0 Å². The Balaban J connectivity index is 1.54. The molecule has 3 aromatic heterocycles. The maximum absolute atomic E-state index is 12.7. The van der Waals surface area contributed by atoms with E-state index in [2.05, 4.69) is 30.5 Å². The van der Waals surface area contributed by atoms with Crippen molar-refractivity contribution in [2.45, 2.75) is 0 Å². The molecular weight excluding hydrogens is 380 g/mol. The smallest absolute Gasteiger partial charge is 0.263 e. The van der Waals surface area contributed by atoms with Crippen molar-refractivity contribution in [3.05, 3.63) is 77.7 Å². The number of carbonyl (C=O) groups is 1. The average molecular weight is 393 g/mol. The number of hydrogen-bond donors (Lipinski definition) is 2. The van der Waals surface area contributed by atoms with E-state index in [1.54, 1.807) is 42.6 Å². The van der Waals surface area contributed by atoms with E-state index in [0.717, 1.165) is 0 Å². The van der Waals surface area contributed by atoms with Crippen molar-refractivity contribution in [1.82, 2.24) is 25.1 Å². The summed E-state index contributed by atoms with van der Waals surface area (Å²) in [6.07, 6.45) is 4.69. The fourth-order valence-electron chi connectivity index (χ4n) is 2.42. The molecule has 0 unspecified atom stereocenters. The molecule has 1 amide bonds. The molecule has 2 N–H and O–H groups in total. The number of aromatic amines is 1. The van der Waals surface area contributed by atoms with Crippen LogP contribution in [0.25, 0.3) is 11.4 Å². The Hall–Kier alpha value is -3.78. The number of hydrogen-bond acceptors (Lipinski definition) is 6. The Morgan fingerprint density at radius 1 is 1.07 bits per heavy atom. The number of halogens is 1. The summed E-state index contributed by atoms with van der Waals surface area (Å²) in [6.45, 7) is 0. The number of rotatable bonds is 5. The number of anilines is 1. The second-order valence-electron chi connectivity index (χ2n) is 5.59. The van der Waals surface area contributed by atoms with Crippen molar-refractivity contribution in [2.24, 2.45) is 0 Å². The van der Waals surface area contributed by atoms with Gasteiger partial charge in [-0.2, -0.15) is 4.98 Å². The highest BCUT2D eigenvalue weighted by molar-refractivity contribution is 6.33. The van der Waals surface area contributed by atoms with Crippen LogP contribution in [0.3, 0.4) is 0 Å². The first-order valence-electron chi connectivity index (χ1n) is 8.22. The third-order valence-electron chi connectivity index (χ3n) is 3.70.